The van der Waals surface area contributed by atoms with Crippen molar-refractivity contribution in [3.63, 3.8) is 0 Å². The molecule has 0 spiro atoms. The zero-order valence-electron chi connectivity index (χ0n) is 9.19. The number of aryl methyl sites for hydroxylation is 1. The van der Waals surface area contributed by atoms with Gasteiger partial charge < -0.3 is 5.11 Å². The molecule has 0 bridgehead atoms. The molecule has 1 aliphatic carbocycles. The molecule has 1 aromatic rings. The SMILES string of the molecule is Cc1ccc([N][C@H]2CC[C@H](O)CC2)cc1. The first-order valence-electron chi connectivity index (χ1n) is 5.69. The molecule has 1 saturated carbocycles. The van der Waals surface area contributed by atoms with Gasteiger partial charge in [0.1, 0.15) is 0 Å². The Bertz CT molecular complexity index is 299. The highest BCUT2D eigenvalue weighted by Gasteiger charge is 2.19. The van der Waals surface area contributed by atoms with Crippen LogP contribution < -0.4 is 5.32 Å². The summed E-state index contributed by atoms with van der Waals surface area (Å²) in [5.74, 6) is 0. The molecule has 2 nitrogen and oxygen atoms in total. The summed E-state index contributed by atoms with van der Waals surface area (Å²) < 4.78 is 0. The van der Waals surface area contributed by atoms with Gasteiger partial charge in [0.05, 0.1) is 17.8 Å². The van der Waals surface area contributed by atoms with Gasteiger partial charge in [-0.3, -0.25) is 5.32 Å². The molecule has 81 valence electrons. The maximum absolute atomic E-state index is 9.39. The van der Waals surface area contributed by atoms with E-state index in [1.807, 2.05) is 0 Å². The minimum atomic E-state index is -0.0885. The predicted octanol–water partition coefficient (Wildman–Crippen LogP) is 2.53. The van der Waals surface area contributed by atoms with E-state index in [2.05, 4.69) is 36.5 Å². The van der Waals surface area contributed by atoms with E-state index in [0.29, 0.717) is 6.04 Å². The van der Waals surface area contributed by atoms with Gasteiger partial charge in [-0.25, -0.2) is 0 Å². The van der Waals surface area contributed by atoms with Crippen LogP contribution in [0.4, 0.5) is 5.69 Å². The molecule has 2 heteroatoms. The van der Waals surface area contributed by atoms with E-state index in [1.54, 1.807) is 0 Å². The van der Waals surface area contributed by atoms with Crippen molar-refractivity contribution in [2.75, 3.05) is 0 Å². The van der Waals surface area contributed by atoms with Gasteiger partial charge in [-0.1, -0.05) is 17.7 Å². The molecule has 1 aliphatic rings. The van der Waals surface area contributed by atoms with Crippen molar-refractivity contribution in [1.82, 2.24) is 5.32 Å². The van der Waals surface area contributed by atoms with E-state index in [4.69, 9.17) is 0 Å². The van der Waals surface area contributed by atoms with Gasteiger partial charge in [0.2, 0.25) is 0 Å². The fraction of sp³-hybridized carbons (Fsp3) is 0.538. The topological polar surface area (TPSA) is 34.3 Å². The van der Waals surface area contributed by atoms with Crippen LogP contribution >= 0.6 is 0 Å². The van der Waals surface area contributed by atoms with Crippen molar-refractivity contribution in [3.05, 3.63) is 29.8 Å². The lowest BCUT2D eigenvalue weighted by Crippen LogP contribution is -2.27. The van der Waals surface area contributed by atoms with Crippen LogP contribution in [-0.2, 0) is 0 Å². The van der Waals surface area contributed by atoms with Gasteiger partial charge in [0.15, 0.2) is 0 Å². The van der Waals surface area contributed by atoms with Crippen LogP contribution in [0.25, 0.3) is 0 Å². The Hall–Kier alpha value is -1.02. The number of hydrogen-bond acceptors (Lipinski definition) is 1. The third-order valence-corrected chi connectivity index (χ3v) is 3.03. The van der Waals surface area contributed by atoms with Gasteiger partial charge in [-0.05, 0) is 44.7 Å². The fourth-order valence-electron chi connectivity index (χ4n) is 2.03. The van der Waals surface area contributed by atoms with Crippen LogP contribution in [0.15, 0.2) is 24.3 Å². The molecule has 0 aromatic heterocycles. The van der Waals surface area contributed by atoms with Crippen LogP contribution in [0.3, 0.4) is 0 Å². The number of aliphatic hydroxyl groups excluding tert-OH is 1. The Morgan fingerprint density at radius 3 is 2.27 bits per heavy atom. The lowest BCUT2D eigenvalue weighted by molar-refractivity contribution is 0.119. The summed E-state index contributed by atoms with van der Waals surface area (Å²) in [4.78, 5) is 0. The first-order chi connectivity index (χ1) is 7.24. The van der Waals surface area contributed by atoms with Crippen LogP contribution in [0.5, 0.6) is 0 Å². The van der Waals surface area contributed by atoms with E-state index in [0.717, 1.165) is 31.4 Å². The smallest absolute Gasteiger partial charge is 0.0577 e. The van der Waals surface area contributed by atoms with E-state index in [1.165, 1.54) is 5.56 Å². The second-order valence-corrected chi connectivity index (χ2v) is 4.43. The summed E-state index contributed by atoms with van der Waals surface area (Å²) in [5.41, 5.74) is 2.34. The minimum Gasteiger partial charge on any atom is -0.393 e. The summed E-state index contributed by atoms with van der Waals surface area (Å²) >= 11 is 0. The molecule has 0 atom stereocenters. The summed E-state index contributed by atoms with van der Waals surface area (Å²) in [5, 5.41) is 14.1. The molecule has 0 unspecified atom stereocenters. The Labute approximate surface area is 91.3 Å². The highest BCUT2D eigenvalue weighted by Crippen LogP contribution is 2.22. The van der Waals surface area contributed by atoms with Crippen molar-refractivity contribution >= 4 is 5.69 Å². The summed E-state index contributed by atoms with van der Waals surface area (Å²) in [6.07, 6.45) is 3.76. The van der Waals surface area contributed by atoms with E-state index >= 15 is 0 Å². The molecule has 1 aromatic carbocycles. The first-order valence-corrected chi connectivity index (χ1v) is 5.69. The monoisotopic (exact) mass is 204 g/mol. The van der Waals surface area contributed by atoms with Gasteiger partial charge >= 0.3 is 0 Å². The number of nitrogens with zero attached hydrogens (tertiary/aromatic N) is 1. The standard InChI is InChI=1S/C13H18NO/c1-10-2-4-11(5-3-10)14-12-6-8-13(15)9-7-12/h2-5,12-13,15H,6-9H2,1H3/t12-,13-. The predicted molar refractivity (Wildman–Crippen MR) is 61.2 cm³/mol. The first kappa shape index (κ1) is 10.5. The van der Waals surface area contributed by atoms with Crippen molar-refractivity contribution < 1.29 is 5.11 Å². The van der Waals surface area contributed by atoms with Crippen molar-refractivity contribution in [2.24, 2.45) is 0 Å². The molecular weight excluding hydrogens is 186 g/mol. The maximum atomic E-state index is 9.39. The van der Waals surface area contributed by atoms with Crippen LogP contribution in [0.2, 0.25) is 0 Å². The lowest BCUT2D eigenvalue weighted by Gasteiger charge is -2.25. The zero-order chi connectivity index (χ0) is 10.7. The van der Waals surface area contributed by atoms with Crippen molar-refractivity contribution in [3.8, 4) is 0 Å². The zero-order valence-corrected chi connectivity index (χ0v) is 9.19. The average Bonchev–Trinajstić information content (AvgIpc) is 2.25. The third kappa shape index (κ3) is 2.96. The molecule has 0 amide bonds. The van der Waals surface area contributed by atoms with E-state index in [9.17, 15) is 5.11 Å². The quantitative estimate of drug-likeness (QED) is 0.789. The number of hydrogen-bond donors (Lipinski definition) is 1. The number of rotatable bonds is 2. The van der Waals surface area contributed by atoms with Gasteiger partial charge in [0, 0.05) is 0 Å². The number of aliphatic hydroxyl groups is 1. The summed E-state index contributed by atoms with van der Waals surface area (Å²) in [6.45, 7) is 2.08. The van der Waals surface area contributed by atoms with E-state index in [-0.39, 0.29) is 6.10 Å². The molecule has 15 heavy (non-hydrogen) atoms. The normalized spacial score (nSPS) is 26.3. The molecule has 0 saturated heterocycles. The van der Waals surface area contributed by atoms with Crippen LogP contribution in [0, 0.1) is 6.92 Å². The Kier molecular flexibility index (Phi) is 3.27. The van der Waals surface area contributed by atoms with Gasteiger partial charge in [0.25, 0.3) is 0 Å². The largest absolute Gasteiger partial charge is 0.393 e. The molecule has 1 radical (unpaired) electrons. The maximum Gasteiger partial charge on any atom is 0.0577 e. The second-order valence-electron chi connectivity index (χ2n) is 4.43. The molecule has 1 fully saturated rings. The molecule has 0 heterocycles. The Balaban J connectivity index is 1.89. The lowest BCUT2D eigenvalue weighted by atomic mass is 9.93. The molecule has 1 N–H and O–H groups in total. The van der Waals surface area contributed by atoms with Crippen molar-refractivity contribution in [2.45, 2.75) is 44.8 Å². The van der Waals surface area contributed by atoms with Crippen LogP contribution in [-0.4, -0.2) is 17.3 Å². The molecule has 2 rings (SSSR count). The second kappa shape index (κ2) is 4.67. The highest BCUT2D eigenvalue weighted by atomic mass is 16.3. The van der Waals surface area contributed by atoms with Crippen molar-refractivity contribution in [1.29, 1.82) is 0 Å². The minimum absolute atomic E-state index is 0.0885. The summed E-state index contributed by atoms with van der Waals surface area (Å²) in [7, 11) is 0. The third-order valence-electron chi connectivity index (χ3n) is 3.03. The average molecular weight is 204 g/mol. The molecular formula is C13H18NO. The van der Waals surface area contributed by atoms with E-state index < -0.39 is 0 Å². The Morgan fingerprint density at radius 2 is 1.67 bits per heavy atom. The summed E-state index contributed by atoms with van der Waals surface area (Å²) in [6, 6.07) is 8.74. The Morgan fingerprint density at radius 1 is 1.07 bits per heavy atom. The van der Waals surface area contributed by atoms with Gasteiger partial charge in [-0.15, -0.1) is 0 Å². The number of benzene rings is 1. The van der Waals surface area contributed by atoms with Crippen LogP contribution in [0.1, 0.15) is 31.2 Å². The molecule has 0 aliphatic heterocycles. The highest BCUT2D eigenvalue weighted by molar-refractivity contribution is 5.37. The fourth-order valence-corrected chi connectivity index (χ4v) is 2.03. The van der Waals surface area contributed by atoms with Gasteiger partial charge in [-0.2, -0.15) is 0 Å².